The number of aliphatic imine (C=N–C) groups is 1. The van der Waals surface area contributed by atoms with Gasteiger partial charge in [-0.1, -0.05) is 46.3 Å². The van der Waals surface area contributed by atoms with Gasteiger partial charge in [0.2, 0.25) is 5.90 Å². The van der Waals surface area contributed by atoms with Crippen molar-refractivity contribution in [2.75, 3.05) is 6.61 Å². The summed E-state index contributed by atoms with van der Waals surface area (Å²) in [6.45, 7) is 0.687. The molecular formula is C12H12BrNO. The third kappa shape index (κ3) is 1.69. The number of hydrogen-bond donors (Lipinski definition) is 0. The number of rotatable bonds is 2. The maximum Gasteiger partial charge on any atom is 0.201 e. The van der Waals surface area contributed by atoms with Crippen molar-refractivity contribution in [3.8, 4) is 0 Å². The van der Waals surface area contributed by atoms with Crippen molar-refractivity contribution >= 4 is 21.8 Å². The smallest absolute Gasteiger partial charge is 0.201 e. The molecule has 0 bridgehead atoms. The summed E-state index contributed by atoms with van der Waals surface area (Å²) in [5.74, 6) is 0.899. The number of alkyl halides is 1. The van der Waals surface area contributed by atoms with Crippen molar-refractivity contribution in [1.29, 1.82) is 0 Å². The molecule has 1 aromatic carbocycles. The van der Waals surface area contributed by atoms with Crippen molar-refractivity contribution in [1.82, 2.24) is 0 Å². The molecule has 1 heterocycles. The zero-order chi connectivity index (χ0) is 10.3. The van der Waals surface area contributed by atoms with Crippen molar-refractivity contribution in [3.05, 3.63) is 35.9 Å². The van der Waals surface area contributed by atoms with Crippen molar-refractivity contribution in [2.45, 2.75) is 23.2 Å². The SMILES string of the molecule is BrC1(C2=N[C@H](c3ccccc3)CO2)CC1. The Kier molecular flexibility index (Phi) is 2.09. The second-order valence-electron chi connectivity index (χ2n) is 4.14. The fourth-order valence-corrected chi connectivity index (χ4v) is 2.20. The lowest BCUT2D eigenvalue weighted by atomic mass is 10.1. The summed E-state index contributed by atoms with van der Waals surface area (Å²) in [5.41, 5.74) is 1.24. The van der Waals surface area contributed by atoms with E-state index in [1.807, 2.05) is 18.2 Å². The summed E-state index contributed by atoms with van der Waals surface area (Å²) >= 11 is 3.66. The molecule has 3 rings (SSSR count). The molecule has 0 N–H and O–H groups in total. The van der Waals surface area contributed by atoms with E-state index in [2.05, 4.69) is 33.1 Å². The van der Waals surface area contributed by atoms with Crippen molar-refractivity contribution in [3.63, 3.8) is 0 Å². The van der Waals surface area contributed by atoms with Gasteiger partial charge in [0.05, 0.1) is 0 Å². The van der Waals surface area contributed by atoms with Crippen molar-refractivity contribution < 1.29 is 4.74 Å². The fourth-order valence-electron chi connectivity index (χ4n) is 1.79. The van der Waals surface area contributed by atoms with E-state index in [0.29, 0.717) is 6.61 Å². The number of hydrogen-bond acceptors (Lipinski definition) is 2. The van der Waals surface area contributed by atoms with Crippen LogP contribution in [0.1, 0.15) is 24.4 Å². The lowest BCUT2D eigenvalue weighted by Crippen LogP contribution is -2.14. The van der Waals surface area contributed by atoms with E-state index in [-0.39, 0.29) is 10.4 Å². The molecule has 0 radical (unpaired) electrons. The van der Waals surface area contributed by atoms with Crippen LogP contribution in [0.5, 0.6) is 0 Å². The first-order chi connectivity index (χ1) is 7.28. The molecule has 1 aromatic rings. The molecule has 1 atom stereocenters. The van der Waals surface area contributed by atoms with Gasteiger partial charge < -0.3 is 4.74 Å². The van der Waals surface area contributed by atoms with Gasteiger partial charge in [-0.3, -0.25) is 0 Å². The highest BCUT2D eigenvalue weighted by Gasteiger charge is 2.48. The van der Waals surface area contributed by atoms with Crippen LogP contribution in [-0.4, -0.2) is 16.8 Å². The number of nitrogens with zero attached hydrogens (tertiary/aromatic N) is 1. The van der Waals surface area contributed by atoms with E-state index in [1.165, 1.54) is 5.56 Å². The van der Waals surface area contributed by atoms with Gasteiger partial charge in [-0.25, -0.2) is 4.99 Å². The number of halogens is 1. The molecule has 1 fully saturated rings. The molecular weight excluding hydrogens is 254 g/mol. The van der Waals surface area contributed by atoms with Crippen LogP contribution in [-0.2, 0) is 4.74 Å². The van der Waals surface area contributed by atoms with Crippen LogP contribution >= 0.6 is 15.9 Å². The van der Waals surface area contributed by atoms with Gasteiger partial charge in [0.15, 0.2) is 0 Å². The van der Waals surface area contributed by atoms with Crippen LogP contribution in [0, 0.1) is 0 Å². The highest BCUT2D eigenvalue weighted by Crippen LogP contribution is 2.48. The van der Waals surface area contributed by atoms with E-state index in [4.69, 9.17) is 4.74 Å². The predicted molar refractivity (Wildman–Crippen MR) is 63.5 cm³/mol. The third-order valence-electron chi connectivity index (χ3n) is 2.91. The van der Waals surface area contributed by atoms with Gasteiger partial charge in [-0.2, -0.15) is 0 Å². The van der Waals surface area contributed by atoms with Crippen LogP contribution < -0.4 is 0 Å². The molecule has 2 aliphatic rings. The molecule has 0 amide bonds. The molecule has 0 unspecified atom stereocenters. The standard InChI is InChI=1S/C12H12BrNO/c13-12(6-7-12)11-14-10(8-15-11)9-4-2-1-3-5-9/h1-5,10H,6-8H2/t10-/m0/s1. The second kappa shape index (κ2) is 3.34. The number of ether oxygens (including phenoxy) is 1. The first-order valence-corrected chi connectivity index (χ1v) is 6.02. The Hall–Kier alpha value is -0.830. The van der Waals surface area contributed by atoms with E-state index in [0.717, 1.165) is 18.7 Å². The molecule has 1 saturated carbocycles. The summed E-state index contributed by atoms with van der Waals surface area (Å²) < 4.78 is 5.73. The molecule has 0 aromatic heterocycles. The average Bonchev–Trinajstić information content (AvgIpc) is 2.85. The van der Waals surface area contributed by atoms with Gasteiger partial charge in [-0.05, 0) is 18.4 Å². The van der Waals surface area contributed by atoms with Crippen LogP contribution in [0.25, 0.3) is 0 Å². The van der Waals surface area contributed by atoms with E-state index in [1.54, 1.807) is 0 Å². The molecule has 1 aliphatic carbocycles. The minimum atomic E-state index is 0.0799. The van der Waals surface area contributed by atoms with E-state index in [9.17, 15) is 0 Å². The van der Waals surface area contributed by atoms with Crippen LogP contribution in [0.4, 0.5) is 0 Å². The number of benzene rings is 1. The zero-order valence-electron chi connectivity index (χ0n) is 8.32. The van der Waals surface area contributed by atoms with E-state index >= 15 is 0 Å². The summed E-state index contributed by atoms with van der Waals surface area (Å²) in [5, 5.41) is 0. The Morgan fingerprint density at radius 1 is 1.27 bits per heavy atom. The van der Waals surface area contributed by atoms with Gasteiger partial charge in [0, 0.05) is 0 Å². The molecule has 3 heteroatoms. The summed E-state index contributed by atoms with van der Waals surface area (Å²) in [7, 11) is 0. The largest absolute Gasteiger partial charge is 0.477 e. The Morgan fingerprint density at radius 3 is 2.67 bits per heavy atom. The Morgan fingerprint density at radius 2 is 2.00 bits per heavy atom. The van der Waals surface area contributed by atoms with Crippen molar-refractivity contribution in [2.24, 2.45) is 4.99 Å². The lowest BCUT2D eigenvalue weighted by molar-refractivity contribution is 0.312. The summed E-state index contributed by atoms with van der Waals surface area (Å²) in [6, 6.07) is 10.5. The van der Waals surface area contributed by atoms with Crippen LogP contribution in [0.15, 0.2) is 35.3 Å². The summed E-state index contributed by atoms with van der Waals surface area (Å²) in [4.78, 5) is 4.64. The molecule has 2 nitrogen and oxygen atoms in total. The zero-order valence-corrected chi connectivity index (χ0v) is 9.90. The third-order valence-corrected chi connectivity index (χ3v) is 4.04. The average molecular weight is 266 g/mol. The second-order valence-corrected chi connectivity index (χ2v) is 5.66. The van der Waals surface area contributed by atoms with Gasteiger partial charge in [-0.15, -0.1) is 0 Å². The van der Waals surface area contributed by atoms with Gasteiger partial charge >= 0.3 is 0 Å². The highest BCUT2D eigenvalue weighted by molar-refractivity contribution is 9.10. The Bertz CT molecular complexity index is 397. The maximum absolute atomic E-state index is 5.65. The normalized spacial score (nSPS) is 27.0. The summed E-state index contributed by atoms with van der Waals surface area (Å²) in [6.07, 6.45) is 2.29. The van der Waals surface area contributed by atoms with Gasteiger partial charge in [0.25, 0.3) is 0 Å². The molecule has 15 heavy (non-hydrogen) atoms. The first kappa shape index (κ1) is 9.40. The van der Waals surface area contributed by atoms with E-state index < -0.39 is 0 Å². The minimum absolute atomic E-state index is 0.0799. The van der Waals surface area contributed by atoms with Crippen LogP contribution in [0.2, 0.25) is 0 Å². The van der Waals surface area contributed by atoms with Crippen LogP contribution in [0.3, 0.4) is 0 Å². The quantitative estimate of drug-likeness (QED) is 0.754. The topological polar surface area (TPSA) is 21.6 Å². The predicted octanol–water partition coefficient (Wildman–Crippen LogP) is 3.08. The van der Waals surface area contributed by atoms with Gasteiger partial charge in [0.1, 0.15) is 17.0 Å². The lowest BCUT2D eigenvalue weighted by Gasteiger charge is -2.04. The first-order valence-electron chi connectivity index (χ1n) is 5.23. The molecule has 0 spiro atoms. The highest BCUT2D eigenvalue weighted by atomic mass is 79.9. The Labute approximate surface area is 97.5 Å². The maximum atomic E-state index is 5.65. The minimum Gasteiger partial charge on any atom is -0.477 e. The fraction of sp³-hybridized carbons (Fsp3) is 0.417. The monoisotopic (exact) mass is 265 g/mol. The molecule has 0 saturated heterocycles. The Balaban J connectivity index is 1.83. The molecule has 78 valence electrons. The molecule has 1 aliphatic heterocycles.